The number of nitrogens with zero attached hydrogens (tertiary/aromatic N) is 2. The summed E-state index contributed by atoms with van der Waals surface area (Å²) in [4.78, 5) is 17.4. The predicted molar refractivity (Wildman–Crippen MR) is 115 cm³/mol. The van der Waals surface area contributed by atoms with Crippen LogP contribution in [0.1, 0.15) is 47.8 Å². The summed E-state index contributed by atoms with van der Waals surface area (Å²) in [6.07, 6.45) is 7.57. The molecular formula is C24H29N3O2. The lowest BCUT2D eigenvalue weighted by Crippen LogP contribution is -2.43. The van der Waals surface area contributed by atoms with Gasteiger partial charge in [0, 0.05) is 24.8 Å². The second-order valence-electron chi connectivity index (χ2n) is 8.32. The molecule has 0 spiro atoms. The maximum absolute atomic E-state index is 10.9. The van der Waals surface area contributed by atoms with Gasteiger partial charge in [-0.05, 0) is 62.4 Å². The molecule has 5 heteroatoms. The highest BCUT2D eigenvalue weighted by atomic mass is 16.4. The standard InChI is InChI=1S/C24H29N3O2/c1-17(13-18-5-3-2-4-6-18)21-14-23(21)26-20-9-11-27(12-10-20)16-19-7-8-22(24(28)29)25-15-19/h2-8,13,15,20-21,23,26H,9-12,14,16H2,1H3,(H,28,29)/b17-13+. The number of aromatic nitrogens is 1. The van der Waals surface area contributed by atoms with E-state index in [9.17, 15) is 4.79 Å². The first-order valence-corrected chi connectivity index (χ1v) is 10.5. The zero-order valence-corrected chi connectivity index (χ0v) is 16.9. The van der Waals surface area contributed by atoms with E-state index in [1.807, 2.05) is 6.07 Å². The minimum absolute atomic E-state index is 0.104. The Kier molecular flexibility index (Phi) is 6.07. The normalized spacial score (nSPS) is 23.1. The Hall–Kier alpha value is -2.50. The number of likely N-dealkylation sites (tertiary alicyclic amines) is 1. The van der Waals surface area contributed by atoms with E-state index in [1.54, 1.807) is 12.3 Å². The Labute approximate surface area is 172 Å². The molecule has 0 radical (unpaired) electrons. The van der Waals surface area contributed by atoms with E-state index < -0.39 is 5.97 Å². The monoisotopic (exact) mass is 391 g/mol. The molecule has 1 aliphatic heterocycles. The quantitative estimate of drug-likeness (QED) is 0.751. The zero-order valence-electron chi connectivity index (χ0n) is 16.9. The minimum Gasteiger partial charge on any atom is -0.477 e. The van der Waals surface area contributed by atoms with Crippen LogP contribution < -0.4 is 5.32 Å². The van der Waals surface area contributed by atoms with E-state index in [1.165, 1.54) is 17.6 Å². The lowest BCUT2D eigenvalue weighted by Gasteiger charge is -2.32. The van der Waals surface area contributed by atoms with Crippen molar-refractivity contribution in [2.45, 2.75) is 44.8 Å². The van der Waals surface area contributed by atoms with E-state index in [0.717, 1.165) is 38.0 Å². The van der Waals surface area contributed by atoms with Gasteiger partial charge in [0.05, 0.1) is 0 Å². The lowest BCUT2D eigenvalue weighted by atomic mass is 10.0. The molecule has 2 fully saturated rings. The molecule has 2 aliphatic rings. The highest BCUT2D eigenvalue weighted by Crippen LogP contribution is 2.38. The Balaban J connectivity index is 1.21. The fraction of sp³-hybridized carbons (Fsp3) is 0.417. The third-order valence-corrected chi connectivity index (χ3v) is 6.06. The van der Waals surface area contributed by atoms with Crippen LogP contribution in [0.5, 0.6) is 0 Å². The Morgan fingerprint density at radius 1 is 1.21 bits per heavy atom. The number of piperidine rings is 1. The molecule has 2 heterocycles. The van der Waals surface area contributed by atoms with Crippen LogP contribution >= 0.6 is 0 Å². The van der Waals surface area contributed by atoms with E-state index in [0.29, 0.717) is 18.0 Å². The first-order valence-electron chi connectivity index (χ1n) is 10.5. The molecule has 0 amide bonds. The Bertz CT molecular complexity index is 855. The number of carbonyl (C=O) groups is 1. The van der Waals surface area contributed by atoms with Crippen molar-refractivity contribution in [3.05, 3.63) is 71.1 Å². The number of carboxylic acids is 1. The number of aromatic carboxylic acids is 1. The van der Waals surface area contributed by atoms with Crippen molar-refractivity contribution in [3.63, 3.8) is 0 Å². The summed E-state index contributed by atoms with van der Waals surface area (Å²) in [6.45, 7) is 5.22. The number of rotatable bonds is 7. The smallest absolute Gasteiger partial charge is 0.354 e. The van der Waals surface area contributed by atoms with E-state index in [4.69, 9.17) is 5.11 Å². The van der Waals surface area contributed by atoms with Crippen molar-refractivity contribution in [3.8, 4) is 0 Å². The van der Waals surface area contributed by atoms with Crippen LogP contribution in [0.2, 0.25) is 0 Å². The molecule has 5 nitrogen and oxygen atoms in total. The van der Waals surface area contributed by atoms with E-state index in [2.05, 4.69) is 58.5 Å². The predicted octanol–water partition coefficient (Wildman–Crippen LogP) is 3.83. The third-order valence-electron chi connectivity index (χ3n) is 6.06. The van der Waals surface area contributed by atoms with Gasteiger partial charge in [0.15, 0.2) is 0 Å². The summed E-state index contributed by atoms with van der Waals surface area (Å²) in [6, 6.07) is 15.2. The average Bonchev–Trinajstić information content (AvgIpc) is 3.50. The average molecular weight is 392 g/mol. The molecule has 1 saturated heterocycles. The van der Waals surface area contributed by atoms with Crippen LogP contribution in [0, 0.1) is 5.92 Å². The number of pyridine rings is 1. The first kappa shape index (κ1) is 19.8. The van der Waals surface area contributed by atoms with Gasteiger partial charge in [-0.2, -0.15) is 0 Å². The van der Waals surface area contributed by atoms with Gasteiger partial charge in [-0.3, -0.25) is 4.90 Å². The van der Waals surface area contributed by atoms with Crippen molar-refractivity contribution in [1.29, 1.82) is 0 Å². The van der Waals surface area contributed by atoms with Crippen LogP contribution in [0.4, 0.5) is 0 Å². The summed E-state index contributed by atoms with van der Waals surface area (Å²) < 4.78 is 0. The molecule has 152 valence electrons. The van der Waals surface area contributed by atoms with Crippen LogP contribution in [0.25, 0.3) is 6.08 Å². The molecule has 29 heavy (non-hydrogen) atoms. The van der Waals surface area contributed by atoms with Gasteiger partial charge in [0.25, 0.3) is 0 Å². The van der Waals surface area contributed by atoms with Crippen molar-refractivity contribution in [2.75, 3.05) is 13.1 Å². The summed E-state index contributed by atoms with van der Waals surface area (Å²) in [7, 11) is 0. The maximum atomic E-state index is 10.9. The van der Waals surface area contributed by atoms with Crippen molar-refractivity contribution < 1.29 is 9.90 Å². The lowest BCUT2D eigenvalue weighted by molar-refractivity contribution is 0.0690. The Morgan fingerprint density at radius 2 is 1.97 bits per heavy atom. The van der Waals surface area contributed by atoms with Crippen LogP contribution in [-0.4, -0.2) is 46.1 Å². The summed E-state index contributed by atoms with van der Waals surface area (Å²) in [5.74, 6) is -0.303. The number of hydrogen-bond donors (Lipinski definition) is 2. The van der Waals surface area contributed by atoms with Gasteiger partial charge in [0.2, 0.25) is 0 Å². The van der Waals surface area contributed by atoms with Crippen LogP contribution in [-0.2, 0) is 6.54 Å². The molecule has 0 bridgehead atoms. The number of nitrogens with one attached hydrogen (secondary N) is 1. The van der Waals surface area contributed by atoms with Crippen molar-refractivity contribution in [1.82, 2.24) is 15.2 Å². The van der Waals surface area contributed by atoms with E-state index >= 15 is 0 Å². The SMILES string of the molecule is C/C(=C\c1ccccc1)C1CC1NC1CCN(Cc2ccc(C(=O)O)nc2)CC1. The topological polar surface area (TPSA) is 65.5 Å². The van der Waals surface area contributed by atoms with Gasteiger partial charge in [0.1, 0.15) is 5.69 Å². The molecule has 1 aliphatic carbocycles. The summed E-state index contributed by atoms with van der Waals surface area (Å²) in [5, 5.41) is 12.8. The first-order chi connectivity index (χ1) is 14.1. The number of carboxylic acid groups (broad SMARTS) is 1. The molecular weight excluding hydrogens is 362 g/mol. The molecule has 2 aromatic rings. The van der Waals surface area contributed by atoms with Gasteiger partial charge in [-0.15, -0.1) is 0 Å². The second kappa shape index (κ2) is 8.89. The second-order valence-corrected chi connectivity index (χ2v) is 8.32. The molecule has 2 unspecified atom stereocenters. The number of benzene rings is 1. The highest BCUT2D eigenvalue weighted by molar-refractivity contribution is 5.85. The fourth-order valence-corrected chi connectivity index (χ4v) is 4.26. The van der Waals surface area contributed by atoms with E-state index in [-0.39, 0.29) is 5.69 Å². The van der Waals surface area contributed by atoms with Crippen LogP contribution in [0.15, 0.2) is 54.2 Å². The van der Waals surface area contributed by atoms with Gasteiger partial charge < -0.3 is 10.4 Å². The van der Waals surface area contributed by atoms with Gasteiger partial charge in [-0.25, -0.2) is 9.78 Å². The van der Waals surface area contributed by atoms with Crippen molar-refractivity contribution in [2.24, 2.45) is 5.92 Å². The highest BCUT2D eigenvalue weighted by Gasteiger charge is 2.39. The van der Waals surface area contributed by atoms with Gasteiger partial charge >= 0.3 is 5.97 Å². The molecule has 4 rings (SSSR count). The molecule has 1 aromatic carbocycles. The maximum Gasteiger partial charge on any atom is 0.354 e. The third kappa shape index (κ3) is 5.31. The summed E-state index contributed by atoms with van der Waals surface area (Å²) in [5.41, 5.74) is 3.94. The van der Waals surface area contributed by atoms with Crippen molar-refractivity contribution >= 4 is 12.0 Å². The molecule has 2 N–H and O–H groups in total. The molecule has 1 aromatic heterocycles. The molecule has 1 saturated carbocycles. The van der Waals surface area contributed by atoms with Crippen LogP contribution in [0.3, 0.4) is 0 Å². The number of hydrogen-bond acceptors (Lipinski definition) is 4. The molecule has 2 atom stereocenters. The Morgan fingerprint density at radius 3 is 2.62 bits per heavy atom. The minimum atomic E-state index is -0.976. The summed E-state index contributed by atoms with van der Waals surface area (Å²) >= 11 is 0. The fourth-order valence-electron chi connectivity index (χ4n) is 4.26. The zero-order chi connectivity index (χ0) is 20.2. The largest absolute Gasteiger partial charge is 0.477 e. The van der Waals surface area contributed by atoms with Gasteiger partial charge in [-0.1, -0.05) is 48.0 Å².